The van der Waals surface area contributed by atoms with E-state index in [1.54, 1.807) is 19.4 Å². The number of hydrogen-bond donors (Lipinski definition) is 2. The van der Waals surface area contributed by atoms with Crippen molar-refractivity contribution in [2.75, 3.05) is 26.8 Å². The lowest BCUT2D eigenvalue weighted by atomic mass is 10.2. The predicted octanol–water partition coefficient (Wildman–Crippen LogP) is 3.73. The van der Waals surface area contributed by atoms with E-state index in [0.29, 0.717) is 26.4 Å². The Bertz CT molecular complexity index is 675. The second-order valence-corrected chi connectivity index (χ2v) is 5.55. The van der Waals surface area contributed by atoms with Crippen molar-refractivity contribution in [2.45, 2.75) is 19.6 Å². The van der Waals surface area contributed by atoms with Crippen LogP contribution in [0.15, 0.2) is 64.7 Å². The van der Waals surface area contributed by atoms with Crippen LogP contribution in [-0.4, -0.2) is 32.8 Å². The van der Waals surface area contributed by atoms with Gasteiger partial charge in [0, 0.05) is 32.3 Å². The van der Waals surface area contributed by atoms with E-state index < -0.39 is 0 Å². The number of benzene rings is 1. The molecule has 0 aliphatic rings. The summed E-state index contributed by atoms with van der Waals surface area (Å²) in [5.41, 5.74) is 1.07. The number of nitrogens with zero attached hydrogens (tertiary/aromatic N) is 1. The fraction of sp³-hybridized carbons (Fsp3) is 0.350. The summed E-state index contributed by atoms with van der Waals surface area (Å²) >= 11 is 0. The smallest absolute Gasteiger partial charge is 0.191 e. The number of ether oxygens (including phenoxy) is 2. The van der Waals surface area contributed by atoms with Gasteiger partial charge in [0.25, 0.3) is 0 Å². The van der Waals surface area contributed by atoms with Crippen LogP contribution in [0.25, 0.3) is 0 Å². The van der Waals surface area contributed by atoms with Crippen LogP contribution in [0.2, 0.25) is 0 Å². The van der Waals surface area contributed by atoms with Gasteiger partial charge in [0.05, 0.1) is 6.26 Å². The molecule has 2 aromatic rings. The van der Waals surface area contributed by atoms with E-state index in [1.165, 1.54) is 0 Å². The number of guanidine groups is 1. The normalized spacial score (nSPS) is 10.8. The molecule has 0 fully saturated rings. The van der Waals surface area contributed by atoms with Gasteiger partial charge < -0.3 is 24.5 Å². The van der Waals surface area contributed by atoms with Gasteiger partial charge >= 0.3 is 0 Å². The Morgan fingerprint density at radius 2 is 2.07 bits per heavy atom. The quantitative estimate of drug-likeness (QED) is 0.167. The Balaban J connectivity index is 0.00000364. The molecule has 7 heteroatoms. The number of nitrogens with one attached hydrogen (secondary N) is 2. The van der Waals surface area contributed by atoms with Gasteiger partial charge in [-0.2, -0.15) is 0 Å². The van der Waals surface area contributed by atoms with Gasteiger partial charge in [0.15, 0.2) is 5.96 Å². The summed E-state index contributed by atoms with van der Waals surface area (Å²) < 4.78 is 16.4. The van der Waals surface area contributed by atoms with Crippen molar-refractivity contribution in [3.8, 4) is 5.75 Å². The van der Waals surface area contributed by atoms with Crippen LogP contribution in [0.5, 0.6) is 5.75 Å². The van der Waals surface area contributed by atoms with Crippen molar-refractivity contribution in [3.05, 3.63) is 66.6 Å². The monoisotopic (exact) mass is 485 g/mol. The maximum Gasteiger partial charge on any atom is 0.191 e. The van der Waals surface area contributed by atoms with Gasteiger partial charge in [-0.25, -0.2) is 0 Å². The van der Waals surface area contributed by atoms with Crippen molar-refractivity contribution in [1.29, 1.82) is 0 Å². The van der Waals surface area contributed by atoms with Crippen molar-refractivity contribution >= 4 is 29.9 Å². The lowest BCUT2D eigenvalue weighted by Crippen LogP contribution is -2.37. The van der Waals surface area contributed by atoms with Crippen LogP contribution in [0.4, 0.5) is 0 Å². The molecule has 0 bridgehead atoms. The number of rotatable bonds is 11. The molecule has 2 N–H and O–H groups in total. The van der Waals surface area contributed by atoms with Crippen LogP contribution >= 0.6 is 24.0 Å². The summed E-state index contributed by atoms with van der Waals surface area (Å²) in [5.74, 6) is 2.43. The van der Waals surface area contributed by atoms with Crippen LogP contribution in [0.3, 0.4) is 0 Å². The third kappa shape index (κ3) is 8.96. The molecule has 0 amide bonds. The zero-order valence-electron chi connectivity index (χ0n) is 15.6. The summed E-state index contributed by atoms with van der Waals surface area (Å²) in [6.45, 7) is 6.72. The minimum atomic E-state index is 0. The SMILES string of the molecule is C=CCOc1ccccc1CNC(=NC)NCCCOCc1ccco1.I. The first-order valence-electron chi connectivity index (χ1n) is 8.69. The van der Waals surface area contributed by atoms with Crippen LogP contribution in [0.1, 0.15) is 17.7 Å². The molecular formula is C20H28IN3O3. The molecule has 6 nitrogen and oxygen atoms in total. The largest absolute Gasteiger partial charge is 0.489 e. The fourth-order valence-electron chi connectivity index (χ4n) is 2.29. The molecule has 1 aromatic carbocycles. The third-order valence-corrected chi connectivity index (χ3v) is 3.58. The Hall–Kier alpha value is -2.00. The van der Waals surface area contributed by atoms with E-state index in [0.717, 1.165) is 36.0 Å². The molecule has 0 aliphatic heterocycles. The molecule has 0 atom stereocenters. The zero-order valence-corrected chi connectivity index (χ0v) is 18.0. The topological polar surface area (TPSA) is 68.0 Å². The van der Waals surface area contributed by atoms with Crippen molar-refractivity contribution < 1.29 is 13.9 Å². The molecule has 0 spiro atoms. The predicted molar refractivity (Wildman–Crippen MR) is 119 cm³/mol. The molecule has 1 aromatic heterocycles. The first-order chi connectivity index (χ1) is 12.8. The Morgan fingerprint density at radius 3 is 2.81 bits per heavy atom. The summed E-state index contributed by atoms with van der Waals surface area (Å²) in [5, 5.41) is 6.57. The summed E-state index contributed by atoms with van der Waals surface area (Å²) in [4.78, 5) is 4.24. The summed E-state index contributed by atoms with van der Waals surface area (Å²) in [7, 11) is 1.75. The van der Waals surface area contributed by atoms with E-state index in [4.69, 9.17) is 13.9 Å². The second kappa shape index (κ2) is 14.1. The van der Waals surface area contributed by atoms with E-state index in [1.807, 2.05) is 36.4 Å². The maximum absolute atomic E-state index is 5.67. The Kier molecular flexibility index (Phi) is 12.0. The van der Waals surface area contributed by atoms with Crippen LogP contribution in [0, 0.1) is 0 Å². The first kappa shape index (κ1) is 23.0. The van der Waals surface area contributed by atoms with Gasteiger partial charge in [-0.05, 0) is 24.6 Å². The molecule has 0 saturated heterocycles. The number of para-hydroxylation sites is 1. The molecule has 0 unspecified atom stereocenters. The average Bonchev–Trinajstić information content (AvgIpc) is 3.19. The highest BCUT2D eigenvalue weighted by Gasteiger charge is 2.04. The first-order valence-corrected chi connectivity index (χ1v) is 8.69. The average molecular weight is 485 g/mol. The van der Waals surface area contributed by atoms with Gasteiger partial charge in [0.1, 0.15) is 24.7 Å². The molecule has 0 aliphatic carbocycles. The maximum atomic E-state index is 5.67. The second-order valence-electron chi connectivity index (χ2n) is 5.55. The molecule has 1 heterocycles. The third-order valence-electron chi connectivity index (χ3n) is 3.58. The number of halogens is 1. The molecular weight excluding hydrogens is 457 g/mol. The zero-order chi connectivity index (χ0) is 18.5. The lowest BCUT2D eigenvalue weighted by Gasteiger charge is -2.14. The molecule has 0 saturated carbocycles. The lowest BCUT2D eigenvalue weighted by molar-refractivity contribution is 0.105. The van der Waals surface area contributed by atoms with Gasteiger partial charge in [-0.3, -0.25) is 4.99 Å². The van der Waals surface area contributed by atoms with E-state index in [2.05, 4.69) is 22.2 Å². The molecule has 0 radical (unpaired) electrons. The van der Waals surface area contributed by atoms with Crippen molar-refractivity contribution in [3.63, 3.8) is 0 Å². The van der Waals surface area contributed by atoms with E-state index in [9.17, 15) is 0 Å². The number of furan rings is 1. The highest BCUT2D eigenvalue weighted by molar-refractivity contribution is 14.0. The van der Waals surface area contributed by atoms with Crippen molar-refractivity contribution in [1.82, 2.24) is 10.6 Å². The Morgan fingerprint density at radius 1 is 1.22 bits per heavy atom. The Labute approximate surface area is 178 Å². The van der Waals surface area contributed by atoms with Crippen LogP contribution < -0.4 is 15.4 Å². The highest BCUT2D eigenvalue weighted by atomic mass is 127. The number of hydrogen-bond acceptors (Lipinski definition) is 4. The minimum Gasteiger partial charge on any atom is -0.489 e. The molecule has 2 rings (SSSR count). The van der Waals surface area contributed by atoms with Gasteiger partial charge in [-0.15, -0.1) is 24.0 Å². The number of aliphatic imine (C=N–C) groups is 1. The van der Waals surface area contributed by atoms with Crippen molar-refractivity contribution in [2.24, 2.45) is 4.99 Å². The summed E-state index contributed by atoms with van der Waals surface area (Å²) in [6, 6.07) is 11.7. The van der Waals surface area contributed by atoms with Gasteiger partial charge in [0.2, 0.25) is 0 Å². The molecule has 27 heavy (non-hydrogen) atoms. The molecule has 148 valence electrons. The summed E-state index contributed by atoms with van der Waals surface area (Å²) in [6.07, 6.45) is 4.26. The minimum absolute atomic E-state index is 0. The highest BCUT2D eigenvalue weighted by Crippen LogP contribution is 2.17. The van der Waals surface area contributed by atoms with Gasteiger partial charge in [-0.1, -0.05) is 30.9 Å². The van der Waals surface area contributed by atoms with E-state index in [-0.39, 0.29) is 24.0 Å². The standard InChI is InChI=1S/C20H27N3O3.HI/c1-3-12-26-19-10-5-4-8-17(19)15-23-20(21-2)22-11-7-13-24-16-18-9-6-14-25-18;/h3-6,8-10,14H,1,7,11-13,15-16H2,2H3,(H2,21,22,23);1H. The fourth-order valence-corrected chi connectivity index (χ4v) is 2.29. The van der Waals surface area contributed by atoms with Crippen LogP contribution in [-0.2, 0) is 17.9 Å². The van der Waals surface area contributed by atoms with E-state index >= 15 is 0 Å².